The minimum absolute atomic E-state index is 0.0395. The Labute approximate surface area is 151 Å². The van der Waals surface area contributed by atoms with E-state index in [1.807, 2.05) is 26.0 Å². The average Bonchev–Trinajstić information content (AvgIpc) is 2.58. The standard InChI is InChI=1S/C19H20N2O5/c1-12-5-7-15(13(2)9-12)18(22)11-26-19(23)16-10-14(21(24)25)6-8-17(16)20(3)4/h5-10H,11H2,1-4H3. The van der Waals surface area contributed by atoms with E-state index in [4.69, 9.17) is 4.74 Å². The first-order valence-corrected chi connectivity index (χ1v) is 7.94. The van der Waals surface area contributed by atoms with Crippen LogP contribution in [0.4, 0.5) is 11.4 Å². The predicted molar refractivity (Wildman–Crippen MR) is 98.0 cm³/mol. The highest BCUT2D eigenvalue weighted by Crippen LogP contribution is 2.25. The van der Waals surface area contributed by atoms with E-state index in [0.29, 0.717) is 11.3 Å². The maximum Gasteiger partial charge on any atom is 0.340 e. The molecule has 7 heteroatoms. The first kappa shape index (κ1) is 19.1. The topological polar surface area (TPSA) is 89.8 Å². The maximum atomic E-state index is 12.4. The van der Waals surface area contributed by atoms with E-state index in [0.717, 1.165) is 17.2 Å². The quantitative estimate of drug-likeness (QED) is 0.341. The van der Waals surface area contributed by atoms with Crippen molar-refractivity contribution in [3.63, 3.8) is 0 Å². The molecule has 0 fully saturated rings. The largest absolute Gasteiger partial charge is 0.454 e. The van der Waals surface area contributed by atoms with Crippen LogP contribution in [0.3, 0.4) is 0 Å². The van der Waals surface area contributed by atoms with E-state index in [1.165, 1.54) is 12.1 Å². The first-order chi connectivity index (χ1) is 12.2. The number of carbonyl (C=O) groups excluding carboxylic acids is 2. The summed E-state index contributed by atoms with van der Waals surface area (Å²) >= 11 is 0. The average molecular weight is 356 g/mol. The Morgan fingerprint density at radius 1 is 1.08 bits per heavy atom. The van der Waals surface area contributed by atoms with Crippen LogP contribution in [0.2, 0.25) is 0 Å². The Morgan fingerprint density at radius 3 is 2.35 bits per heavy atom. The van der Waals surface area contributed by atoms with Crippen molar-refractivity contribution in [3.8, 4) is 0 Å². The number of hydrogen-bond donors (Lipinski definition) is 0. The third-order valence-electron chi connectivity index (χ3n) is 3.91. The SMILES string of the molecule is Cc1ccc(C(=O)COC(=O)c2cc([N+](=O)[O-])ccc2N(C)C)c(C)c1. The van der Waals surface area contributed by atoms with E-state index in [-0.39, 0.29) is 17.0 Å². The fraction of sp³-hybridized carbons (Fsp3) is 0.263. The number of Topliss-reactive ketones (excluding diaryl/α,β-unsaturated/α-hetero) is 1. The number of non-ortho nitro benzene ring substituents is 1. The molecule has 0 heterocycles. The van der Waals surface area contributed by atoms with Crippen LogP contribution in [0.15, 0.2) is 36.4 Å². The highest BCUT2D eigenvalue weighted by Gasteiger charge is 2.20. The van der Waals surface area contributed by atoms with Crippen molar-refractivity contribution in [3.05, 3.63) is 68.8 Å². The molecule has 2 aromatic rings. The third kappa shape index (κ3) is 4.24. The Hall–Kier alpha value is -3.22. The van der Waals surface area contributed by atoms with Gasteiger partial charge in [0.2, 0.25) is 5.78 Å². The molecule has 0 spiro atoms. The minimum Gasteiger partial charge on any atom is -0.454 e. The molecule has 136 valence electrons. The van der Waals surface area contributed by atoms with Gasteiger partial charge in [-0.3, -0.25) is 14.9 Å². The lowest BCUT2D eigenvalue weighted by Crippen LogP contribution is -2.19. The van der Waals surface area contributed by atoms with Crippen molar-refractivity contribution in [1.29, 1.82) is 0 Å². The molecule has 0 radical (unpaired) electrons. The number of nitro benzene ring substituents is 1. The molecular weight excluding hydrogens is 336 g/mol. The van der Waals surface area contributed by atoms with Crippen LogP contribution in [-0.4, -0.2) is 37.4 Å². The number of anilines is 1. The summed E-state index contributed by atoms with van der Waals surface area (Å²) in [6.45, 7) is 3.30. The molecule has 0 unspecified atom stereocenters. The molecule has 0 aliphatic rings. The second kappa shape index (κ2) is 7.77. The van der Waals surface area contributed by atoms with Gasteiger partial charge < -0.3 is 9.64 Å². The predicted octanol–water partition coefficient (Wildman–Crippen LogP) is 3.32. The van der Waals surface area contributed by atoms with Crippen LogP contribution >= 0.6 is 0 Å². The summed E-state index contributed by atoms with van der Waals surface area (Å²) in [5.41, 5.74) is 2.61. The summed E-state index contributed by atoms with van der Waals surface area (Å²) in [6.07, 6.45) is 0. The normalized spacial score (nSPS) is 10.3. The van der Waals surface area contributed by atoms with E-state index in [9.17, 15) is 19.7 Å². The monoisotopic (exact) mass is 356 g/mol. The molecule has 0 saturated carbocycles. The number of carbonyl (C=O) groups is 2. The number of aryl methyl sites for hydroxylation is 2. The van der Waals surface area contributed by atoms with Gasteiger partial charge in [0, 0.05) is 31.8 Å². The Kier molecular flexibility index (Phi) is 5.71. The maximum absolute atomic E-state index is 12.4. The van der Waals surface area contributed by atoms with E-state index >= 15 is 0 Å². The van der Waals surface area contributed by atoms with Crippen LogP contribution in [0.5, 0.6) is 0 Å². The smallest absolute Gasteiger partial charge is 0.340 e. The van der Waals surface area contributed by atoms with Gasteiger partial charge in [0.05, 0.1) is 16.2 Å². The molecule has 0 N–H and O–H groups in total. The van der Waals surface area contributed by atoms with Crippen molar-refractivity contribution in [1.82, 2.24) is 0 Å². The number of nitrogens with zero attached hydrogens (tertiary/aromatic N) is 2. The van der Waals surface area contributed by atoms with Crippen LogP contribution in [-0.2, 0) is 4.74 Å². The summed E-state index contributed by atoms with van der Waals surface area (Å²) in [5, 5.41) is 11.0. The van der Waals surface area contributed by atoms with E-state index in [2.05, 4.69) is 0 Å². The van der Waals surface area contributed by atoms with Crippen molar-refractivity contribution >= 4 is 23.1 Å². The van der Waals surface area contributed by atoms with Crippen molar-refractivity contribution in [2.24, 2.45) is 0 Å². The lowest BCUT2D eigenvalue weighted by molar-refractivity contribution is -0.384. The van der Waals surface area contributed by atoms with Gasteiger partial charge in [-0.05, 0) is 25.5 Å². The molecule has 0 saturated heterocycles. The first-order valence-electron chi connectivity index (χ1n) is 7.94. The molecule has 0 aromatic heterocycles. The van der Waals surface area contributed by atoms with Gasteiger partial charge in [-0.2, -0.15) is 0 Å². The number of ketones is 1. The molecule has 0 aliphatic carbocycles. The van der Waals surface area contributed by atoms with Crippen LogP contribution in [0, 0.1) is 24.0 Å². The Morgan fingerprint density at radius 2 is 1.77 bits per heavy atom. The number of rotatable bonds is 6. The van der Waals surface area contributed by atoms with E-state index in [1.54, 1.807) is 25.1 Å². The Balaban J connectivity index is 2.20. The van der Waals surface area contributed by atoms with Gasteiger partial charge in [-0.15, -0.1) is 0 Å². The highest BCUT2D eigenvalue weighted by molar-refractivity contribution is 6.02. The lowest BCUT2D eigenvalue weighted by Gasteiger charge is -2.16. The van der Waals surface area contributed by atoms with E-state index < -0.39 is 17.5 Å². The zero-order valence-corrected chi connectivity index (χ0v) is 15.1. The molecule has 2 aromatic carbocycles. The van der Waals surface area contributed by atoms with Gasteiger partial charge >= 0.3 is 5.97 Å². The van der Waals surface area contributed by atoms with Crippen molar-refractivity contribution in [2.75, 3.05) is 25.6 Å². The zero-order valence-electron chi connectivity index (χ0n) is 15.1. The summed E-state index contributed by atoms with van der Waals surface area (Å²) in [5.74, 6) is -1.11. The second-order valence-corrected chi connectivity index (χ2v) is 6.17. The number of nitro groups is 1. The molecule has 7 nitrogen and oxygen atoms in total. The van der Waals surface area contributed by atoms with Crippen molar-refractivity contribution < 1.29 is 19.2 Å². The zero-order chi connectivity index (χ0) is 19.4. The molecule has 0 bridgehead atoms. The third-order valence-corrected chi connectivity index (χ3v) is 3.91. The molecular formula is C19H20N2O5. The summed E-state index contributed by atoms with van der Waals surface area (Å²) in [6, 6.07) is 9.32. The summed E-state index contributed by atoms with van der Waals surface area (Å²) in [7, 11) is 3.41. The number of hydrogen-bond acceptors (Lipinski definition) is 6. The fourth-order valence-corrected chi connectivity index (χ4v) is 2.60. The second-order valence-electron chi connectivity index (χ2n) is 6.17. The molecule has 26 heavy (non-hydrogen) atoms. The minimum atomic E-state index is -0.782. The summed E-state index contributed by atoms with van der Waals surface area (Å²) in [4.78, 5) is 36.7. The number of esters is 1. The van der Waals surface area contributed by atoms with Crippen LogP contribution in [0.1, 0.15) is 31.8 Å². The highest BCUT2D eigenvalue weighted by atomic mass is 16.6. The van der Waals surface area contributed by atoms with Crippen LogP contribution < -0.4 is 4.90 Å². The van der Waals surface area contributed by atoms with Gasteiger partial charge in [0.15, 0.2) is 6.61 Å². The molecule has 0 atom stereocenters. The summed E-state index contributed by atoms with van der Waals surface area (Å²) < 4.78 is 5.12. The molecule has 0 aliphatic heterocycles. The van der Waals surface area contributed by atoms with Crippen molar-refractivity contribution in [2.45, 2.75) is 13.8 Å². The van der Waals surface area contributed by atoms with Crippen LogP contribution in [0.25, 0.3) is 0 Å². The number of benzene rings is 2. The Bertz CT molecular complexity index is 874. The van der Waals surface area contributed by atoms with Gasteiger partial charge in [0.1, 0.15) is 0 Å². The van der Waals surface area contributed by atoms with Gasteiger partial charge in [-0.1, -0.05) is 23.8 Å². The molecule has 2 rings (SSSR count). The molecule has 0 amide bonds. The van der Waals surface area contributed by atoms with Gasteiger partial charge in [-0.25, -0.2) is 4.79 Å². The number of ether oxygens (including phenoxy) is 1. The lowest BCUT2D eigenvalue weighted by atomic mass is 10.0. The van der Waals surface area contributed by atoms with Gasteiger partial charge in [0.25, 0.3) is 5.69 Å². The fourth-order valence-electron chi connectivity index (χ4n) is 2.60.